The lowest BCUT2D eigenvalue weighted by Crippen LogP contribution is -2.45. The fourth-order valence-electron chi connectivity index (χ4n) is 8.07. The Morgan fingerprint density at radius 2 is 1.33 bits per heavy atom. The summed E-state index contributed by atoms with van der Waals surface area (Å²) in [6.45, 7) is 7.51. The molecule has 1 amide bonds. The maximum atomic E-state index is 12.6. The van der Waals surface area contributed by atoms with E-state index in [1.54, 1.807) is 14.2 Å². The summed E-state index contributed by atoms with van der Waals surface area (Å²) < 4.78 is 24.7. The number of fused-ring (bicyclic) bond motifs is 1. The Kier molecular flexibility index (Phi) is 17.8. The normalized spacial score (nSPS) is 19.9. The molecule has 1 fully saturated rings. The number of rotatable bonds is 23. The minimum absolute atomic E-state index is 0.00898. The lowest BCUT2D eigenvalue weighted by Gasteiger charge is -2.43. The molecule has 302 valence electrons. The SMILES string of the molecule is CCCCCCCCCCCCCCCC(=O)NCc1ccc(C2O[C@H](CN3CCc4cc(OC)c(OC)cc4C3)[C@H](C)[C@H](c3ccc(CO)cc3)O2)cc1. The van der Waals surface area contributed by atoms with Gasteiger partial charge in [-0.3, -0.25) is 9.69 Å². The van der Waals surface area contributed by atoms with Crippen molar-refractivity contribution in [3.8, 4) is 11.5 Å². The van der Waals surface area contributed by atoms with Gasteiger partial charge in [-0.25, -0.2) is 0 Å². The average molecular weight is 757 g/mol. The van der Waals surface area contributed by atoms with E-state index in [0.717, 1.165) is 72.6 Å². The molecule has 0 aromatic heterocycles. The van der Waals surface area contributed by atoms with Crippen LogP contribution in [0.1, 0.15) is 150 Å². The zero-order valence-electron chi connectivity index (χ0n) is 34.2. The highest BCUT2D eigenvalue weighted by Gasteiger charge is 2.39. The number of hydrogen-bond acceptors (Lipinski definition) is 7. The van der Waals surface area contributed by atoms with Crippen molar-refractivity contribution in [3.05, 3.63) is 94.0 Å². The molecule has 2 N–H and O–H groups in total. The van der Waals surface area contributed by atoms with Gasteiger partial charge in [0.1, 0.15) is 0 Å². The van der Waals surface area contributed by atoms with Crippen LogP contribution in [0.5, 0.6) is 11.5 Å². The molecule has 0 radical (unpaired) electrons. The van der Waals surface area contributed by atoms with Gasteiger partial charge in [0.05, 0.1) is 33.0 Å². The summed E-state index contributed by atoms with van der Waals surface area (Å²) in [5.74, 6) is 1.73. The quantitative estimate of drug-likeness (QED) is 0.0932. The molecule has 2 heterocycles. The van der Waals surface area contributed by atoms with E-state index in [4.69, 9.17) is 18.9 Å². The maximum absolute atomic E-state index is 12.6. The summed E-state index contributed by atoms with van der Waals surface area (Å²) in [7, 11) is 3.36. The summed E-state index contributed by atoms with van der Waals surface area (Å²) >= 11 is 0. The topological polar surface area (TPSA) is 89.5 Å². The van der Waals surface area contributed by atoms with Gasteiger partial charge in [-0.05, 0) is 52.8 Å². The van der Waals surface area contributed by atoms with E-state index < -0.39 is 6.29 Å². The van der Waals surface area contributed by atoms with E-state index in [-0.39, 0.29) is 30.6 Å². The summed E-state index contributed by atoms with van der Waals surface area (Å²) in [6.07, 6.45) is 17.7. The summed E-state index contributed by atoms with van der Waals surface area (Å²) in [5.41, 5.74) is 6.51. The average Bonchev–Trinajstić information content (AvgIpc) is 3.22. The highest BCUT2D eigenvalue weighted by molar-refractivity contribution is 5.75. The first-order valence-corrected chi connectivity index (χ1v) is 21.2. The standard InChI is InChI=1S/C47H68N2O6/c1-5-6-7-8-9-10-11-12-13-14-15-16-17-18-45(51)48-31-36-19-25-39(26-20-36)47-54-44(35(2)46(55-47)38-23-21-37(34-50)22-24-38)33-49-28-27-40-29-42(52-3)43(53-4)30-41(40)32-49/h19-26,29-30,35,44,46-47,50H,5-18,27-28,31-34H2,1-4H3,(H,48,51)/t35-,44+,46+,47?/m0/s1. The Hall–Kier alpha value is -3.43. The molecule has 0 bridgehead atoms. The number of carbonyl (C=O) groups excluding carboxylic acids is 1. The molecule has 0 saturated carbocycles. The zero-order chi connectivity index (χ0) is 38.8. The molecule has 0 aliphatic carbocycles. The molecule has 2 aliphatic heterocycles. The molecular weight excluding hydrogens is 689 g/mol. The smallest absolute Gasteiger partial charge is 0.220 e. The Bertz CT molecular complexity index is 1560. The van der Waals surface area contributed by atoms with Crippen LogP contribution < -0.4 is 14.8 Å². The highest BCUT2D eigenvalue weighted by Crippen LogP contribution is 2.42. The van der Waals surface area contributed by atoms with E-state index >= 15 is 0 Å². The molecule has 3 aromatic rings. The molecular formula is C47H68N2O6. The Balaban J connectivity index is 1.10. The van der Waals surface area contributed by atoms with E-state index in [9.17, 15) is 9.90 Å². The predicted molar refractivity (Wildman–Crippen MR) is 220 cm³/mol. The van der Waals surface area contributed by atoms with Crippen LogP contribution in [-0.2, 0) is 40.4 Å². The van der Waals surface area contributed by atoms with Gasteiger partial charge in [0.25, 0.3) is 0 Å². The van der Waals surface area contributed by atoms with Crippen LogP contribution in [0.3, 0.4) is 0 Å². The van der Waals surface area contributed by atoms with Gasteiger partial charge in [-0.2, -0.15) is 0 Å². The lowest BCUT2D eigenvalue weighted by molar-refractivity contribution is -0.276. The van der Waals surface area contributed by atoms with Crippen LogP contribution in [0.15, 0.2) is 60.7 Å². The molecule has 3 aromatic carbocycles. The number of aliphatic hydroxyl groups excluding tert-OH is 1. The first-order chi connectivity index (χ1) is 26.9. The van der Waals surface area contributed by atoms with Crippen LogP contribution in [0, 0.1) is 5.92 Å². The second-order valence-corrected chi connectivity index (χ2v) is 15.8. The number of carbonyl (C=O) groups is 1. The summed E-state index contributed by atoms with van der Waals surface area (Å²) in [4.78, 5) is 15.1. The molecule has 1 unspecified atom stereocenters. The maximum Gasteiger partial charge on any atom is 0.220 e. The van der Waals surface area contributed by atoms with Crippen LogP contribution in [0.4, 0.5) is 0 Å². The Morgan fingerprint density at radius 1 is 0.764 bits per heavy atom. The molecule has 0 spiro atoms. The van der Waals surface area contributed by atoms with Crippen molar-refractivity contribution in [2.75, 3.05) is 27.3 Å². The fourth-order valence-corrected chi connectivity index (χ4v) is 8.07. The van der Waals surface area contributed by atoms with Gasteiger partial charge >= 0.3 is 0 Å². The van der Waals surface area contributed by atoms with E-state index in [2.05, 4.69) is 72.6 Å². The van der Waals surface area contributed by atoms with Crippen molar-refractivity contribution < 1.29 is 28.8 Å². The van der Waals surface area contributed by atoms with Gasteiger partial charge in [-0.15, -0.1) is 0 Å². The lowest BCUT2D eigenvalue weighted by atomic mass is 9.89. The first-order valence-electron chi connectivity index (χ1n) is 21.2. The van der Waals surface area contributed by atoms with Crippen LogP contribution in [0.25, 0.3) is 0 Å². The van der Waals surface area contributed by atoms with E-state index in [1.165, 1.54) is 81.8 Å². The van der Waals surface area contributed by atoms with Crippen molar-refractivity contribution in [1.82, 2.24) is 10.2 Å². The van der Waals surface area contributed by atoms with Crippen molar-refractivity contribution in [3.63, 3.8) is 0 Å². The first kappa shape index (κ1) is 42.7. The van der Waals surface area contributed by atoms with Gasteiger partial charge in [-0.1, -0.05) is 139 Å². The van der Waals surface area contributed by atoms with Gasteiger partial charge in [0, 0.05) is 44.1 Å². The molecule has 4 atom stereocenters. The summed E-state index contributed by atoms with van der Waals surface area (Å²) in [5, 5.41) is 12.8. The van der Waals surface area contributed by atoms with E-state index in [0.29, 0.717) is 13.0 Å². The minimum atomic E-state index is -0.538. The molecule has 55 heavy (non-hydrogen) atoms. The third-order valence-corrected chi connectivity index (χ3v) is 11.6. The number of aliphatic hydroxyl groups is 1. The minimum Gasteiger partial charge on any atom is -0.493 e. The van der Waals surface area contributed by atoms with E-state index in [1.807, 2.05) is 12.1 Å². The number of nitrogens with zero attached hydrogens (tertiary/aromatic N) is 1. The fraction of sp³-hybridized carbons (Fsp3) is 0.596. The van der Waals surface area contributed by atoms with Crippen LogP contribution in [0.2, 0.25) is 0 Å². The Morgan fingerprint density at radius 3 is 1.93 bits per heavy atom. The number of unbranched alkanes of at least 4 members (excludes halogenated alkanes) is 12. The van der Waals surface area contributed by atoms with Gasteiger partial charge in [0.2, 0.25) is 5.91 Å². The molecule has 8 heteroatoms. The largest absolute Gasteiger partial charge is 0.493 e. The number of methoxy groups -OCH3 is 2. The van der Waals surface area contributed by atoms with Gasteiger partial charge in [0.15, 0.2) is 17.8 Å². The molecule has 1 saturated heterocycles. The number of hydrogen-bond donors (Lipinski definition) is 2. The van der Waals surface area contributed by atoms with Crippen molar-refractivity contribution >= 4 is 5.91 Å². The molecule has 2 aliphatic rings. The van der Waals surface area contributed by atoms with Gasteiger partial charge < -0.3 is 29.4 Å². The monoisotopic (exact) mass is 757 g/mol. The summed E-state index contributed by atoms with van der Waals surface area (Å²) in [6, 6.07) is 20.5. The third-order valence-electron chi connectivity index (χ3n) is 11.6. The number of ether oxygens (including phenoxy) is 4. The number of amides is 1. The van der Waals surface area contributed by atoms with Crippen molar-refractivity contribution in [2.24, 2.45) is 5.92 Å². The highest BCUT2D eigenvalue weighted by atomic mass is 16.7. The number of nitrogens with one attached hydrogen (secondary N) is 1. The number of benzene rings is 3. The zero-order valence-corrected chi connectivity index (χ0v) is 34.2. The molecule has 8 nitrogen and oxygen atoms in total. The van der Waals surface area contributed by atoms with Crippen LogP contribution in [-0.4, -0.2) is 49.3 Å². The molecule has 5 rings (SSSR count). The second kappa shape index (κ2) is 23.0. The van der Waals surface area contributed by atoms with Crippen molar-refractivity contribution in [2.45, 2.75) is 148 Å². The van der Waals surface area contributed by atoms with Crippen LogP contribution >= 0.6 is 0 Å². The van der Waals surface area contributed by atoms with Crippen molar-refractivity contribution in [1.29, 1.82) is 0 Å². The Labute approximate surface area is 331 Å². The third kappa shape index (κ3) is 13.1. The predicted octanol–water partition coefficient (Wildman–Crippen LogP) is 10.1. The second-order valence-electron chi connectivity index (χ2n) is 15.8.